The van der Waals surface area contributed by atoms with Crippen LogP contribution in [-0.4, -0.2) is 54.8 Å². The number of sulfonamides is 1. The van der Waals surface area contributed by atoms with Crippen molar-refractivity contribution in [2.45, 2.75) is 38.4 Å². The lowest BCUT2D eigenvalue weighted by Crippen LogP contribution is -2.60. The number of rotatable bonds is 4. The van der Waals surface area contributed by atoms with E-state index in [0.717, 1.165) is 42.2 Å². The summed E-state index contributed by atoms with van der Waals surface area (Å²) in [6.45, 7) is 4.21. The Kier molecular flexibility index (Phi) is 4.32. The summed E-state index contributed by atoms with van der Waals surface area (Å²) in [4.78, 5) is 18.2. The van der Waals surface area contributed by atoms with Crippen molar-refractivity contribution in [3.8, 4) is 0 Å². The SMILES string of the molecule is C[C@@H]1Cc2ncnc(N3CC(NS(C)(=O)=O)C3)c2CN1c1ccnc2c1C=CC2. The normalized spacial score (nSPS) is 21.1. The summed E-state index contributed by atoms with van der Waals surface area (Å²) < 4.78 is 25.6. The smallest absolute Gasteiger partial charge is 0.209 e. The van der Waals surface area contributed by atoms with Crippen LogP contribution in [0.3, 0.4) is 0 Å². The molecule has 8 nitrogen and oxygen atoms in total. The van der Waals surface area contributed by atoms with Gasteiger partial charge in [0.05, 0.1) is 23.7 Å². The highest BCUT2D eigenvalue weighted by Crippen LogP contribution is 2.36. The monoisotopic (exact) mass is 412 g/mol. The molecule has 0 amide bonds. The highest BCUT2D eigenvalue weighted by Gasteiger charge is 2.35. The molecule has 2 aliphatic heterocycles. The van der Waals surface area contributed by atoms with E-state index in [0.29, 0.717) is 19.1 Å². The molecule has 0 saturated carbocycles. The van der Waals surface area contributed by atoms with Gasteiger partial charge in [0.15, 0.2) is 0 Å². The first-order valence-electron chi connectivity index (χ1n) is 9.85. The highest BCUT2D eigenvalue weighted by atomic mass is 32.2. The molecule has 4 heterocycles. The zero-order valence-electron chi connectivity index (χ0n) is 16.5. The largest absolute Gasteiger partial charge is 0.363 e. The third-order valence-electron chi connectivity index (χ3n) is 5.88. The average Bonchev–Trinajstić information content (AvgIpc) is 3.11. The van der Waals surface area contributed by atoms with Gasteiger partial charge in [-0.15, -0.1) is 0 Å². The maximum absolute atomic E-state index is 11.5. The van der Waals surface area contributed by atoms with Crippen LogP contribution in [0.25, 0.3) is 6.08 Å². The predicted octanol–water partition coefficient (Wildman–Crippen LogP) is 1.13. The highest BCUT2D eigenvalue weighted by molar-refractivity contribution is 7.88. The van der Waals surface area contributed by atoms with Crippen LogP contribution < -0.4 is 14.5 Å². The van der Waals surface area contributed by atoms with E-state index in [4.69, 9.17) is 0 Å². The molecule has 1 fully saturated rings. The molecule has 1 saturated heterocycles. The van der Waals surface area contributed by atoms with E-state index in [1.165, 1.54) is 17.5 Å². The summed E-state index contributed by atoms with van der Waals surface area (Å²) in [5.74, 6) is 0.916. The van der Waals surface area contributed by atoms with E-state index >= 15 is 0 Å². The molecule has 29 heavy (non-hydrogen) atoms. The van der Waals surface area contributed by atoms with Gasteiger partial charge in [0.2, 0.25) is 10.0 Å². The molecule has 0 radical (unpaired) electrons. The second kappa shape index (κ2) is 6.77. The summed E-state index contributed by atoms with van der Waals surface area (Å²) in [6.07, 6.45) is 10.8. The van der Waals surface area contributed by atoms with Crippen molar-refractivity contribution >= 4 is 27.6 Å². The molecule has 0 aromatic carbocycles. The summed E-state index contributed by atoms with van der Waals surface area (Å²) in [7, 11) is -3.20. The fourth-order valence-corrected chi connectivity index (χ4v) is 5.26. The maximum Gasteiger partial charge on any atom is 0.209 e. The van der Waals surface area contributed by atoms with Crippen LogP contribution >= 0.6 is 0 Å². The summed E-state index contributed by atoms with van der Waals surface area (Å²) in [5, 5.41) is 0. The van der Waals surface area contributed by atoms with Gasteiger partial charge in [0, 0.05) is 61.5 Å². The first-order chi connectivity index (χ1) is 13.9. The van der Waals surface area contributed by atoms with E-state index in [2.05, 4.69) is 54.6 Å². The number of allylic oxidation sites excluding steroid dienone is 1. The molecule has 9 heteroatoms. The fourth-order valence-electron chi connectivity index (χ4n) is 4.50. The summed E-state index contributed by atoms with van der Waals surface area (Å²) >= 11 is 0. The van der Waals surface area contributed by atoms with Gasteiger partial charge < -0.3 is 9.80 Å². The molecule has 0 unspecified atom stereocenters. The van der Waals surface area contributed by atoms with Gasteiger partial charge in [-0.3, -0.25) is 4.98 Å². The third-order valence-corrected chi connectivity index (χ3v) is 6.64. The minimum Gasteiger partial charge on any atom is -0.363 e. The lowest BCUT2D eigenvalue weighted by Gasteiger charge is -2.43. The first kappa shape index (κ1) is 18.5. The van der Waals surface area contributed by atoms with Gasteiger partial charge in [0.1, 0.15) is 12.1 Å². The van der Waals surface area contributed by atoms with Gasteiger partial charge in [0.25, 0.3) is 0 Å². The Morgan fingerprint density at radius 3 is 2.79 bits per heavy atom. The Morgan fingerprint density at radius 2 is 2.00 bits per heavy atom. The maximum atomic E-state index is 11.5. The van der Waals surface area contributed by atoms with Crippen molar-refractivity contribution in [2.75, 3.05) is 29.1 Å². The van der Waals surface area contributed by atoms with Crippen LogP contribution in [0.4, 0.5) is 11.5 Å². The number of fused-ring (bicyclic) bond motifs is 2. The Bertz CT molecular complexity index is 1090. The van der Waals surface area contributed by atoms with Crippen molar-refractivity contribution in [1.82, 2.24) is 19.7 Å². The fraction of sp³-hybridized carbons (Fsp3) is 0.450. The molecule has 2 aromatic heterocycles. The van der Waals surface area contributed by atoms with Crippen molar-refractivity contribution < 1.29 is 8.42 Å². The van der Waals surface area contributed by atoms with E-state index < -0.39 is 10.0 Å². The summed E-state index contributed by atoms with van der Waals surface area (Å²) in [5.41, 5.74) is 5.76. The molecule has 0 bridgehead atoms. The van der Waals surface area contributed by atoms with Crippen LogP contribution in [0.2, 0.25) is 0 Å². The predicted molar refractivity (Wildman–Crippen MR) is 112 cm³/mol. The number of aromatic nitrogens is 3. The molecular weight excluding hydrogens is 388 g/mol. The third kappa shape index (κ3) is 3.38. The Hall–Kier alpha value is -2.52. The van der Waals surface area contributed by atoms with Gasteiger partial charge in [-0.25, -0.2) is 23.1 Å². The lowest BCUT2D eigenvalue weighted by atomic mass is 9.97. The van der Waals surface area contributed by atoms with E-state index in [-0.39, 0.29) is 6.04 Å². The van der Waals surface area contributed by atoms with E-state index in [9.17, 15) is 8.42 Å². The molecule has 5 rings (SSSR count). The van der Waals surface area contributed by atoms with Crippen molar-refractivity contribution in [1.29, 1.82) is 0 Å². The van der Waals surface area contributed by atoms with Gasteiger partial charge in [-0.2, -0.15) is 0 Å². The van der Waals surface area contributed by atoms with E-state index in [1.54, 1.807) is 6.33 Å². The first-order valence-corrected chi connectivity index (χ1v) is 11.7. The van der Waals surface area contributed by atoms with Gasteiger partial charge in [-0.1, -0.05) is 12.2 Å². The average molecular weight is 413 g/mol. The molecule has 1 N–H and O–H groups in total. The minimum atomic E-state index is -3.20. The van der Waals surface area contributed by atoms with Crippen molar-refractivity contribution in [2.24, 2.45) is 0 Å². The molecule has 1 aliphatic carbocycles. The number of hydrogen-bond donors (Lipinski definition) is 1. The molecule has 3 aliphatic rings. The Balaban J connectivity index is 1.43. The number of anilines is 2. The standard InChI is InChI=1S/C20H24N6O2S/c1-13-8-18-16(11-26(13)19-6-7-21-17-5-3-4-15(17)19)20(23-12-22-18)25-9-14(10-25)24-29(2,27)28/h3-4,6-7,12-14,24H,5,8-11H2,1-2H3/t13-/m1/s1. The molecular formula is C20H24N6O2S. The lowest BCUT2D eigenvalue weighted by molar-refractivity contribution is 0.463. The number of nitrogens with zero attached hydrogens (tertiary/aromatic N) is 5. The van der Waals surface area contributed by atoms with Crippen molar-refractivity contribution in [3.63, 3.8) is 0 Å². The second-order valence-corrected chi connectivity index (χ2v) is 9.87. The van der Waals surface area contributed by atoms with Gasteiger partial charge >= 0.3 is 0 Å². The van der Waals surface area contributed by atoms with Crippen LogP contribution in [0.1, 0.15) is 29.4 Å². The second-order valence-electron chi connectivity index (χ2n) is 8.09. The summed E-state index contributed by atoms with van der Waals surface area (Å²) in [6, 6.07) is 2.35. The van der Waals surface area contributed by atoms with Crippen LogP contribution in [0.5, 0.6) is 0 Å². The van der Waals surface area contributed by atoms with Crippen LogP contribution in [0, 0.1) is 0 Å². The quantitative estimate of drug-likeness (QED) is 0.805. The zero-order valence-corrected chi connectivity index (χ0v) is 17.4. The minimum absolute atomic E-state index is 0.0668. The Morgan fingerprint density at radius 1 is 1.17 bits per heavy atom. The topological polar surface area (TPSA) is 91.3 Å². The molecule has 0 spiro atoms. The molecule has 152 valence electrons. The number of hydrogen-bond acceptors (Lipinski definition) is 7. The van der Waals surface area contributed by atoms with Crippen LogP contribution in [-0.2, 0) is 29.4 Å². The molecule has 2 aromatic rings. The number of pyridine rings is 1. The van der Waals surface area contributed by atoms with Crippen LogP contribution in [0.15, 0.2) is 24.7 Å². The van der Waals surface area contributed by atoms with E-state index in [1.807, 2.05) is 6.20 Å². The number of nitrogens with one attached hydrogen (secondary N) is 1. The van der Waals surface area contributed by atoms with Gasteiger partial charge in [-0.05, 0) is 13.0 Å². The molecule has 1 atom stereocenters. The Labute approximate surface area is 170 Å². The zero-order chi connectivity index (χ0) is 20.2. The van der Waals surface area contributed by atoms with Crippen molar-refractivity contribution in [3.05, 3.63) is 47.2 Å².